The first-order valence-electron chi connectivity index (χ1n) is 2.59. The molecule has 0 aliphatic carbocycles. The number of hydrogen-bond acceptors (Lipinski definition) is 3. The molecular formula is C6H7N3. The minimum absolute atomic E-state index is 0.108. The molecule has 3 heteroatoms. The van der Waals surface area contributed by atoms with Gasteiger partial charge in [-0.05, 0) is 6.92 Å². The highest BCUT2D eigenvalue weighted by molar-refractivity contribution is 5.34. The van der Waals surface area contributed by atoms with Crippen LogP contribution in [0.2, 0.25) is 0 Å². The van der Waals surface area contributed by atoms with Gasteiger partial charge in [-0.3, -0.25) is 0 Å². The van der Waals surface area contributed by atoms with Gasteiger partial charge in [-0.25, -0.2) is 0 Å². The normalized spacial score (nSPS) is 6.56. The number of nitrogens with zero attached hydrogens (tertiary/aromatic N) is 2. The largest absolute Gasteiger partial charge is 0.390 e. The van der Waals surface area contributed by atoms with Crippen LogP contribution in [0.3, 0.4) is 0 Å². The van der Waals surface area contributed by atoms with E-state index in [0.717, 1.165) is 6.54 Å². The van der Waals surface area contributed by atoms with E-state index in [0.29, 0.717) is 0 Å². The Hall–Kier alpha value is -1.48. The van der Waals surface area contributed by atoms with Gasteiger partial charge in [-0.15, -0.1) is 0 Å². The van der Waals surface area contributed by atoms with Gasteiger partial charge in [0.15, 0.2) is 0 Å². The maximum absolute atomic E-state index is 8.17. The Morgan fingerprint density at radius 3 is 2.44 bits per heavy atom. The highest BCUT2D eigenvalue weighted by Gasteiger charge is 1.85. The molecule has 0 heterocycles. The lowest BCUT2D eigenvalue weighted by molar-refractivity contribution is 0.916. The summed E-state index contributed by atoms with van der Waals surface area (Å²) >= 11 is 0. The summed E-state index contributed by atoms with van der Waals surface area (Å²) in [5.74, 6) is 0. The van der Waals surface area contributed by atoms with Crippen molar-refractivity contribution in [1.82, 2.24) is 5.32 Å². The fourth-order valence-electron chi connectivity index (χ4n) is 0.294. The lowest BCUT2D eigenvalue weighted by Gasteiger charge is -1.88. The lowest BCUT2D eigenvalue weighted by Crippen LogP contribution is -2.02. The molecule has 0 saturated carbocycles. The third kappa shape index (κ3) is 3.13. The van der Waals surface area contributed by atoms with Crippen molar-refractivity contribution in [2.45, 2.75) is 6.92 Å². The average molecular weight is 121 g/mol. The van der Waals surface area contributed by atoms with Crippen molar-refractivity contribution >= 4 is 0 Å². The lowest BCUT2D eigenvalue weighted by atomic mass is 10.4. The van der Waals surface area contributed by atoms with Crippen LogP contribution in [-0.4, -0.2) is 6.54 Å². The van der Waals surface area contributed by atoms with Crippen LogP contribution >= 0.6 is 0 Å². The van der Waals surface area contributed by atoms with Gasteiger partial charge < -0.3 is 5.32 Å². The van der Waals surface area contributed by atoms with Crippen molar-refractivity contribution in [2.24, 2.45) is 0 Å². The Morgan fingerprint density at radius 1 is 1.56 bits per heavy atom. The smallest absolute Gasteiger partial charge is 0.145 e. The van der Waals surface area contributed by atoms with E-state index in [4.69, 9.17) is 10.5 Å². The fourth-order valence-corrected chi connectivity index (χ4v) is 0.294. The molecule has 0 bridgehead atoms. The maximum atomic E-state index is 8.17. The maximum Gasteiger partial charge on any atom is 0.145 e. The van der Waals surface area contributed by atoms with Gasteiger partial charge in [0.05, 0.1) is 0 Å². The molecule has 9 heavy (non-hydrogen) atoms. The summed E-state index contributed by atoms with van der Waals surface area (Å²) in [6, 6.07) is 3.45. The van der Waals surface area contributed by atoms with Crippen LogP contribution in [0.15, 0.2) is 11.8 Å². The summed E-state index contributed by atoms with van der Waals surface area (Å²) in [7, 11) is 0. The summed E-state index contributed by atoms with van der Waals surface area (Å²) < 4.78 is 0. The molecule has 0 aliphatic heterocycles. The van der Waals surface area contributed by atoms with Gasteiger partial charge in [0.2, 0.25) is 0 Å². The second-order valence-electron chi connectivity index (χ2n) is 1.34. The van der Waals surface area contributed by atoms with Crippen LogP contribution in [0, 0.1) is 22.7 Å². The molecule has 0 aromatic carbocycles. The van der Waals surface area contributed by atoms with Gasteiger partial charge in [0.25, 0.3) is 0 Å². The Labute approximate surface area is 54.2 Å². The van der Waals surface area contributed by atoms with Gasteiger partial charge in [0, 0.05) is 12.7 Å². The van der Waals surface area contributed by atoms with Crippen LogP contribution in [0.5, 0.6) is 0 Å². The van der Waals surface area contributed by atoms with Gasteiger partial charge in [0.1, 0.15) is 17.7 Å². The number of nitriles is 2. The zero-order chi connectivity index (χ0) is 7.11. The summed E-state index contributed by atoms with van der Waals surface area (Å²) in [6.07, 6.45) is 1.40. The molecule has 0 fully saturated rings. The number of nitrogens with one attached hydrogen (secondary N) is 1. The van der Waals surface area contributed by atoms with Gasteiger partial charge in [-0.1, -0.05) is 0 Å². The molecule has 0 atom stereocenters. The minimum Gasteiger partial charge on any atom is -0.390 e. The summed E-state index contributed by atoms with van der Waals surface area (Å²) in [4.78, 5) is 0. The Kier molecular flexibility index (Phi) is 3.90. The molecule has 0 rings (SSSR count). The van der Waals surface area contributed by atoms with E-state index in [-0.39, 0.29) is 5.57 Å². The average Bonchev–Trinajstić information content (AvgIpc) is 1.91. The summed E-state index contributed by atoms with van der Waals surface area (Å²) in [5, 5.41) is 19.1. The van der Waals surface area contributed by atoms with E-state index < -0.39 is 0 Å². The van der Waals surface area contributed by atoms with Crippen LogP contribution in [0.4, 0.5) is 0 Å². The van der Waals surface area contributed by atoms with Crippen molar-refractivity contribution < 1.29 is 0 Å². The first-order valence-corrected chi connectivity index (χ1v) is 2.59. The van der Waals surface area contributed by atoms with E-state index >= 15 is 0 Å². The standard InChI is InChI=1S/C6H7N3/c1-2-9-5-6(3-7)4-8/h5,9H,2H2,1H3. The fraction of sp³-hybridized carbons (Fsp3) is 0.333. The summed E-state index contributed by atoms with van der Waals surface area (Å²) in [6.45, 7) is 2.62. The van der Waals surface area contributed by atoms with Crippen molar-refractivity contribution in [2.75, 3.05) is 6.54 Å². The second kappa shape index (κ2) is 4.67. The first-order chi connectivity index (χ1) is 4.35. The molecule has 0 aromatic heterocycles. The molecule has 0 aromatic rings. The number of allylic oxidation sites excluding steroid dienone is 1. The van der Waals surface area contributed by atoms with Gasteiger partial charge in [-0.2, -0.15) is 10.5 Å². The molecule has 0 radical (unpaired) electrons. The van der Waals surface area contributed by atoms with E-state index in [1.807, 2.05) is 6.92 Å². The third-order valence-corrected chi connectivity index (χ3v) is 0.691. The summed E-state index contributed by atoms with van der Waals surface area (Å²) in [5.41, 5.74) is 0.108. The molecule has 3 nitrogen and oxygen atoms in total. The van der Waals surface area contributed by atoms with Gasteiger partial charge >= 0.3 is 0 Å². The van der Waals surface area contributed by atoms with E-state index in [1.165, 1.54) is 6.20 Å². The van der Waals surface area contributed by atoms with Crippen molar-refractivity contribution in [3.05, 3.63) is 11.8 Å². The molecule has 46 valence electrons. The van der Waals surface area contributed by atoms with Crippen LogP contribution < -0.4 is 5.32 Å². The Morgan fingerprint density at radius 2 is 2.11 bits per heavy atom. The predicted molar refractivity (Wildman–Crippen MR) is 33.0 cm³/mol. The van der Waals surface area contributed by atoms with Crippen molar-refractivity contribution in [3.63, 3.8) is 0 Å². The Bertz CT molecular complexity index is 163. The molecule has 0 spiro atoms. The van der Waals surface area contributed by atoms with E-state index in [1.54, 1.807) is 12.1 Å². The zero-order valence-electron chi connectivity index (χ0n) is 5.18. The van der Waals surface area contributed by atoms with Crippen LogP contribution in [0.25, 0.3) is 0 Å². The van der Waals surface area contributed by atoms with E-state index in [2.05, 4.69) is 5.32 Å². The monoisotopic (exact) mass is 121 g/mol. The van der Waals surface area contributed by atoms with Crippen LogP contribution in [-0.2, 0) is 0 Å². The Balaban J connectivity index is 3.85. The molecule has 0 amide bonds. The number of rotatable bonds is 2. The predicted octanol–water partition coefficient (Wildman–Crippen LogP) is 0.527. The SMILES string of the molecule is CCNC=C(C#N)C#N. The molecule has 1 N–H and O–H groups in total. The topological polar surface area (TPSA) is 59.6 Å². The molecule has 0 aliphatic rings. The van der Waals surface area contributed by atoms with E-state index in [9.17, 15) is 0 Å². The zero-order valence-corrected chi connectivity index (χ0v) is 5.18. The highest BCUT2D eigenvalue weighted by Crippen LogP contribution is 1.83. The van der Waals surface area contributed by atoms with Crippen molar-refractivity contribution in [3.8, 4) is 12.1 Å². The van der Waals surface area contributed by atoms with Crippen molar-refractivity contribution in [1.29, 1.82) is 10.5 Å². The quantitative estimate of drug-likeness (QED) is 0.542. The molecular weight excluding hydrogens is 114 g/mol. The molecule has 0 unspecified atom stereocenters. The number of hydrogen-bond donors (Lipinski definition) is 1. The highest BCUT2D eigenvalue weighted by atomic mass is 14.8. The third-order valence-electron chi connectivity index (χ3n) is 0.691. The first kappa shape index (κ1) is 7.52. The van der Waals surface area contributed by atoms with Crippen LogP contribution in [0.1, 0.15) is 6.92 Å². The molecule has 0 saturated heterocycles. The minimum atomic E-state index is 0.108. The second-order valence-corrected chi connectivity index (χ2v) is 1.34.